The maximum atomic E-state index is 12.5. The third-order valence-corrected chi connectivity index (χ3v) is 4.08. The van der Waals surface area contributed by atoms with Crippen LogP contribution in [0.2, 0.25) is 0 Å². The zero-order chi connectivity index (χ0) is 15.8. The summed E-state index contributed by atoms with van der Waals surface area (Å²) in [5.41, 5.74) is 6.87. The lowest BCUT2D eigenvalue weighted by Crippen LogP contribution is -2.22. The second-order valence-corrected chi connectivity index (χ2v) is 5.68. The highest BCUT2D eigenvalue weighted by Crippen LogP contribution is 2.28. The van der Waals surface area contributed by atoms with Crippen LogP contribution in [0, 0.1) is 6.92 Å². The summed E-state index contributed by atoms with van der Waals surface area (Å²) < 4.78 is 1.87. The minimum absolute atomic E-state index is 0.117. The van der Waals surface area contributed by atoms with Gasteiger partial charge in [-0.2, -0.15) is 0 Å². The third kappa shape index (κ3) is 2.27. The van der Waals surface area contributed by atoms with Gasteiger partial charge in [-0.15, -0.1) is 0 Å². The Kier molecular flexibility index (Phi) is 3.12. The summed E-state index contributed by atoms with van der Waals surface area (Å²) >= 11 is 0. The standard InChI is InChI=1S/C20H16N2O/c1-14-11-12-19-17(13-14)16-9-5-6-10-18(16)22(19)21-20(23)15-7-3-2-4-8-15/h2-13H,1H3,(H,21,23). The molecule has 3 aromatic carbocycles. The molecule has 0 spiro atoms. The van der Waals surface area contributed by atoms with E-state index in [2.05, 4.69) is 36.6 Å². The van der Waals surface area contributed by atoms with Crippen LogP contribution in [-0.4, -0.2) is 10.6 Å². The first-order valence-corrected chi connectivity index (χ1v) is 7.60. The molecule has 0 radical (unpaired) electrons. The molecule has 3 heteroatoms. The number of hydrogen-bond acceptors (Lipinski definition) is 1. The first-order valence-electron chi connectivity index (χ1n) is 7.60. The SMILES string of the molecule is Cc1ccc2c(c1)c1ccccc1n2NC(=O)c1ccccc1. The van der Waals surface area contributed by atoms with Gasteiger partial charge < -0.3 is 0 Å². The summed E-state index contributed by atoms with van der Waals surface area (Å²) in [4.78, 5) is 12.5. The van der Waals surface area contributed by atoms with E-state index in [0.717, 1.165) is 21.8 Å². The van der Waals surface area contributed by atoms with E-state index < -0.39 is 0 Å². The van der Waals surface area contributed by atoms with E-state index >= 15 is 0 Å². The number of carbonyl (C=O) groups excluding carboxylic acids is 1. The van der Waals surface area contributed by atoms with Gasteiger partial charge in [-0.05, 0) is 37.3 Å². The van der Waals surface area contributed by atoms with Gasteiger partial charge in [0.2, 0.25) is 0 Å². The Balaban J connectivity index is 1.90. The second-order valence-electron chi connectivity index (χ2n) is 5.68. The van der Waals surface area contributed by atoms with Crippen LogP contribution >= 0.6 is 0 Å². The zero-order valence-corrected chi connectivity index (χ0v) is 12.8. The zero-order valence-electron chi connectivity index (χ0n) is 12.8. The molecule has 3 nitrogen and oxygen atoms in total. The van der Waals surface area contributed by atoms with Crippen molar-refractivity contribution in [1.29, 1.82) is 0 Å². The number of aryl methyl sites for hydroxylation is 1. The average Bonchev–Trinajstić information content (AvgIpc) is 2.89. The van der Waals surface area contributed by atoms with Gasteiger partial charge >= 0.3 is 0 Å². The van der Waals surface area contributed by atoms with Crippen LogP contribution in [0.4, 0.5) is 0 Å². The number of para-hydroxylation sites is 1. The van der Waals surface area contributed by atoms with Gasteiger partial charge in [-0.25, -0.2) is 0 Å². The predicted molar refractivity (Wildman–Crippen MR) is 94.3 cm³/mol. The van der Waals surface area contributed by atoms with Gasteiger partial charge in [0, 0.05) is 16.3 Å². The first-order chi connectivity index (χ1) is 11.2. The fourth-order valence-electron chi connectivity index (χ4n) is 2.96. The molecule has 0 fully saturated rings. The summed E-state index contributed by atoms with van der Waals surface area (Å²) in [7, 11) is 0. The number of fused-ring (bicyclic) bond motifs is 3. The van der Waals surface area contributed by atoms with Crippen LogP contribution in [0.25, 0.3) is 21.8 Å². The molecule has 4 rings (SSSR count). The van der Waals surface area contributed by atoms with Crippen LogP contribution in [0.1, 0.15) is 15.9 Å². The Hall–Kier alpha value is -3.07. The lowest BCUT2D eigenvalue weighted by Gasteiger charge is -2.09. The van der Waals surface area contributed by atoms with Crippen molar-refractivity contribution in [3.05, 3.63) is 83.9 Å². The van der Waals surface area contributed by atoms with E-state index in [0.29, 0.717) is 5.56 Å². The van der Waals surface area contributed by atoms with Crippen molar-refractivity contribution in [1.82, 2.24) is 4.68 Å². The number of benzene rings is 3. The Bertz CT molecular complexity index is 1020. The average molecular weight is 300 g/mol. The molecule has 0 unspecified atom stereocenters. The van der Waals surface area contributed by atoms with Crippen molar-refractivity contribution < 1.29 is 4.79 Å². The van der Waals surface area contributed by atoms with E-state index in [4.69, 9.17) is 0 Å². The van der Waals surface area contributed by atoms with E-state index in [-0.39, 0.29) is 5.91 Å². The maximum Gasteiger partial charge on any atom is 0.270 e. The van der Waals surface area contributed by atoms with Crippen LogP contribution in [0.5, 0.6) is 0 Å². The van der Waals surface area contributed by atoms with Crippen molar-refractivity contribution in [2.45, 2.75) is 6.92 Å². The Labute approximate surface area is 134 Å². The molecule has 1 heterocycles. The Morgan fingerprint density at radius 2 is 1.52 bits per heavy atom. The van der Waals surface area contributed by atoms with E-state index in [9.17, 15) is 4.79 Å². The monoisotopic (exact) mass is 300 g/mol. The fourth-order valence-corrected chi connectivity index (χ4v) is 2.96. The quantitative estimate of drug-likeness (QED) is 0.581. The molecule has 0 aliphatic heterocycles. The molecule has 4 aromatic rings. The van der Waals surface area contributed by atoms with Crippen molar-refractivity contribution in [2.24, 2.45) is 0 Å². The third-order valence-electron chi connectivity index (χ3n) is 4.08. The molecule has 0 aliphatic carbocycles. The minimum atomic E-state index is -0.117. The van der Waals surface area contributed by atoms with Crippen LogP contribution in [0.15, 0.2) is 72.8 Å². The Morgan fingerprint density at radius 1 is 0.826 bits per heavy atom. The van der Waals surface area contributed by atoms with E-state index in [1.165, 1.54) is 5.56 Å². The predicted octanol–water partition coefficient (Wildman–Crippen LogP) is 4.49. The summed E-state index contributed by atoms with van der Waals surface area (Å²) in [5.74, 6) is -0.117. The topological polar surface area (TPSA) is 34.0 Å². The molecule has 23 heavy (non-hydrogen) atoms. The fraction of sp³-hybridized carbons (Fsp3) is 0.0500. The van der Waals surface area contributed by atoms with Gasteiger partial charge in [0.1, 0.15) is 0 Å². The molecule has 1 amide bonds. The van der Waals surface area contributed by atoms with E-state index in [1.807, 2.05) is 53.2 Å². The highest BCUT2D eigenvalue weighted by molar-refractivity contribution is 6.10. The molecular weight excluding hydrogens is 284 g/mol. The van der Waals surface area contributed by atoms with E-state index in [1.54, 1.807) is 0 Å². The van der Waals surface area contributed by atoms with Gasteiger partial charge in [0.15, 0.2) is 0 Å². The number of rotatable bonds is 2. The molecule has 0 aliphatic rings. The van der Waals surface area contributed by atoms with Crippen LogP contribution in [-0.2, 0) is 0 Å². The number of carbonyl (C=O) groups is 1. The molecule has 0 saturated carbocycles. The van der Waals surface area contributed by atoms with Crippen molar-refractivity contribution in [2.75, 3.05) is 5.43 Å². The van der Waals surface area contributed by atoms with Gasteiger partial charge in [0.05, 0.1) is 11.0 Å². The molecule has 0 atom stereocenters. The number of nitrogens with one attached hydrogen (secondary N) is 1. The normalized spacial score (nSPS) is 11.0. The van der Waals surface area contributed by atoms with Gasteiger partial charge in [0.25, 0.3) is 5.91 Å². The largest absolute Gasteiger partial charge is 0.270 e. The summed E-state index contributed by atoms with van der Waals surface area (Å²) in [6, 6.07) is 23.6. The summed E-state index contributed by atoms with van der Waals surface area (Å²) in [6.07, 6.45) is 0. The summed E-state index contributed by atoms with van der Waals surface area (Å²) in [5, 5.41) is 2.29. The lowest BCUT2D eigenvalue weighted by molar-refractivity contribution is 0.101. The molecular formula is C20H16N2O. The summed E-state index contributed by atoms with van der Waals surface area (Å²) in [6.45, 7) is 2.08. The second kappa shape index (κ2) is 5.29. The first kappa shape index (κ1) is 13.6. The van der Waals surface area contributed by atoms with Crippen molar-refractivity contribution in [3.8, 4) is 0 Å². The van der Waals surface area contributed by atoms with Crippen LogP contribution < -0.4 is 5.43 Å². The number of nitrogens with zero attached hydrogens (tertiary/aromatic N) is 1. The number of aromatic nitrogens is 1. The van der Waals surface area contributed by atoms with Crippen molar-refractivity contribution >= 4 is 27.7 Å². The number of hydrogen-bond donors (Lipinski definition) is 1. The highest BCUT2D eigenvalue weighted by atomic mass is 16.2. The maximum absolute atomic E-state index is 12.5. The van der Waals surface area contributed by atoms with Gasteiger partial charge in [-0.3, -0.25) is 14.9 Å². The molecule has 112 valence electrons. The number of amides is 1. The molecule has 1 N–H and O–H groups in total. The molecule has 1 aromatic heterocycles. The van der Waals surface area contributed by atoms with Gasteiger partial charge in [-0.1, -0.05) is 48.0 Å². The smallest absolute Gasteiger partial charge is 0.267 e. The Morgan fingerprint density at radius 3 is 2.35 bits per heavy atom. The molecule has 0 bridgehead atoms. The lowest BCUT2D eigenvalue weighted by atomic mass is 10.1. The highest BCUT2D eigenvalue weighted by Gasteiger charge is 2.13. The van der Waals surface area contributed by atoms with Crippen LogP contribution in [0.3, 0.4) is 0 Å². The minimum Gasteiger partial charge on any atom is -0.267 e. The van der Waals surface area contributed by atoms with Crippen molar-refractivity contribution in [3.63, 3.8) is 0 Å². The molecule has 0 saturated heterocycles.